The molecule has 1 unspecified atom stereocenters. The Labute approximate surface area is 106 Å². The first-order chi connectivity index (χ1) is 8.54. The van der Waals surface area contributed by atoms with Gasteiger partial charge in [0.05, 0.1) is 12.7 Å². The molecule has 0 aliphatic rings. The van der Waals surface area contributed by atoms with Crippen LogP contribution < -0.4 is 5.32 Å². The minimum atomic E-state index is -0.572. The number of carbonyl (C=O) groups is 1. The SMILES string of the molecule is COCC(O)CCNC(=O)c1ccc(O)c(C)c1. The van der Waals surface area contributed by atoms with Crippen LogP contribution in [0.15, 0.2) is 18.2 Å². The number of benzene rings is 1. The van der Waals surface area contributed by atoms with Crippen LogP contribution in [0.4, 0.5) is 0 Å². The van der Waals surface area contributed by atoms with Gasteiger partial charge in [-0.3, -0.25) is 4.79 Å². The van der Waals surface area contributed by atoms with Gasteiger partial charge in [0.1, 0.15) is 5.75 Å². The summed E-state index contributed by atoms with van der Waals surface area (Å²) in [6.07, 6.45) is -0.131. The van der Waals surface area contributed by atoms with Gasteiger partial charge >= 0.3 is 0 Å². The first-order valence-corrected chi connectivity index (χ1v) is 5.79. The highest BCUT2D eigenvalue weighted by Gasteiger charge is 2.08. The zero-order valence-corrected chi connectivity index (χ0v) is 10.6. The molecule has 0 bridgehead atoms. The van der Waals surface area contributed by atoms with Crippen LogP contribution in [0.3, 0.4) is 0 Å². The molecule has 1 amide bonds. The smallest absolute Gasteiger partial charge is 0.251 e. The van der Waals surface area contributed by atoms with E-state index in [1.807, 2.05) is 0 Å². The Kier molecular flexibility index (Phi) is 5.61. The Morgan fingerprint density at radius 3 is 2.83 bits per heavy atom. The first-order valence-electron chi connectivity index (χ1n) is 5.79. The van der Waals surface area contributed by atoms with Gasteiger partial charge in [0.15, 0.2) is 0 Å². The van der Waals surface area contributed by atoms with E-state index in [4.69, 9.17) is 4.74 Å². The standard InChI is InChI=1S/C13H19NO4/c1-9-7-10(3-4-12(9)16)13(17)14-6-5-11(15)8-18-2/h3-4,7,11,15-16H,5-6,8H2,1-2H3,(H,14,17). The van der Waals surface area contributed by atoms with Crippen LogP contribution in [0.2, 0.25) is 0 Å². The number of amides is 1. The minimum absolute atomic E-state index is 0.169. The summed E-state index contributed by atoms with van der Waals surface area (Å²) in [5.74, 6) is -0.0511. The van der Waals surface area contributed by atoms with Gasteiger partial charge < -0.3 is 20.3 Å². The Hall–Kier alpha value is -1.59. The third-order valence-electron chi connectivity index (χ3n) is 2.58. The highest BCUT2D eigenvalue weighted by Crippen LogP contribution is 2.16. The fourth-order valence-electron chi connectivity index (χ4n) is 1.53. The average molecular weight is 253 g/mol. The number of aliphatic hydroxyl groups excluding tert-OH is 1. The molecule has 18 heavy (non-hydrogen) atoms. The van der Waals surface area contributed by atoms with Gasteiger partial charge in [0.25, 0.3) is 5.91 Å². The highest BCUT2D eigenvalue weighted by atomic mass is 16.5. The van der Waals surface area contributed by atoms with Crippen LogP contribution >= 0.6 is 0 Å². The van der Waals surface area contributed by atoms with Gasteiger partial charge in [-0.1, -0.05) is 0 Å². The van der Waals surface area contributed by atoms with Gasteiger partial charge in [-0.25, -0.2) is 0 Å². The van der Waals surface area contributed by atoms with E-state index in [2.05, 4.69) is 5.32 Å². The van der Waals surface area contributed by atoms with E-state index >= 15 is 0 Å². The summed E-state index contributed by atoms with van der Waals surface area (Å²) < 4.78 is 4.78. The molecule has 100 valence electrons. The number of rotatable bonds is 6. The number of hydrogen-bond donors (Lipinski definition) is 3. The molecule has 5 nitrogen and oxygen atoms in total. The zero-order valence-electron chi connectivity index (χ0n) is 10.6. The van der Waals surface area contributed by atoms with E-state index in [0.717, 1.165) is 0 Å². The molecule has 0 aromatic heterocycles. The van der Waals surface area contributed by atoms with Crippen molar-refractivity contribution in [1.82, 2.24) is 5.32 Å². The Morgan fingerprint density at radius 1 is 1.50 bits per heavy atom. The quantitative estimate of drug-likeness (QED) is 0.701. The van der Waals surface area contributed by atoms with Crippen LogP contribution in [0.5, 0.6) is 5.75 Å². The lowest BCUT2D eigenvalue weighted by atomic mass is 10.1. The highest BCUT2D eigenvalue weighted by molar-refractivity contribution is 5.94. The summed E-state index contributed by atoms with van der Waals surface area (Å²) in [5, 5.41) is 21.5. The average Bonchev–Trinajstić information content (AvgIpc) is 2.33. The predicted molar refractivity (Wildman–Crippen MR) is 67.7 cm³/mol. The summed E-state index contributed by atoms with van der Waals surface area (Å²) in [5.41, 5.74) is 1.15. The van der Waals surface area contributed by atoms with Crippen LogP contribution in [0.1, 0.15) is 22.3 Å². The number of aliphatic hydroxyl groups is 1. The molecule has 0 saturated carbocycles. The van der Waals surface area contributed by atoms with Crippen LogP contribution in [-0.2, 0) is 4.74 Å². The van der Waals surface area contributed by atoms with Crippen molar-refractivity contribution in [3.05, 3.63) is 29.3 Å². The molecular weight excluding hydrogens is 234 g/mol. The molecule has 0 saturated heterocycles. The fourth-order valence-corrected chi connectivity index (χ4v) is 1.53. The second-order valence-corrected chi connectivity index (χ2v) is 4.16. The van der Waals surface area contributed by atoms with Crippen LogP contribution in [0, 0.1) is 6.92 Å². The van der Waals surface area contributed by atoms with Crippen molar-refractivity contribution in [2.24, 2.45) is 0 Å². The van der Waals surface area contributed by atoms with Crippen molar-refractivity contribution in [2.45, 2.75) is 19.4 Å². The minimum Gasteiger partial charge on any atom is -0.508 e. The van der Waals surface area contributed by atoms with Crippen molar-refractivity contribution < 1.29 is 19.7 Å². The molecule has 1 aromatic carbocycles. The van der Waals surface area contributed by atoms with E-state index in [1.54, 1.807) is 19.1 Å². The number of methoxy groups -OCH3 is 1. The lowest BCUT2D eigenvalue weighted by Crippen LogP contribution is -2.28. The first kappa shape index (κ1) is 14.5. The maximum atomic E-state index is 11.7. The van der Waals surface area contributed by atoms with Gasteiger partial charge in [-0.2, -0.15) is 0 Å². The maximum Gasteiger partial charge on any atom is 0.251 e. The lowest BCUT2D eigenvalue weighted by Gasteiger charge is -2.10. The molecule has 1 rings (SSSR count). The van der Waals surface area contributed by atoms with Crippen molar-refractivity contribution in [1.29, 1.82) is 0 Å². The van der Waals surface area contributed by atoms with E-state index in [9.17, 15) is 15.0 Å². The lowest BCUT2D eigenvalue weighted by molar-refractivity contribution is 0.0587. The second-order valence-electron chi connectivity index (χ2n) is 4.16. The summed E-state index contributed by atoms with van der Waals surface area (Å²) in [4.78, 5) is 11.7. The topological polar surface area (TPSA) is 78.8 Å². The number of hydrogen-bond acceptors (Lipinski definition) is 4. The van der Waals surface area contributed by atoms with Crippen molar-refractivity contribution in [3.63, 3.8) is 0 Å². The van der Waals surface area contributed by atoms with Gasteiger partial charge in [-0.15, -0.1) is 0 Å². The Morgan fingerprint density at radius 2 is 2.22 bits per heavy atom. The summed E-state index contributed by atoms with van der Waals surface area (Å²) in [6.45, 7) is 2.37. The van der Waals surface area contributed by atoms with E-state index in [0.29, 0.717) is 24.1 Å². The molecular formula is C13H19NO4. The fraction of sp³-hybridized carbons (Fsp3) is 0.462. The third kappa shape index (κ3) is 4.35. The third-order valence-corrected chi connectivity index (χ3v) is 2.58. The van der Waals surface area contributed by atoms with Crippen molar-refractivity contribution in [2.75, 3.05) is 20.3 Å². The normalized spacial score (nSPS) is 12.2. The molecule has 0 spiro atoms. The van der Waals surface area contributed by atoms with Crippen LogP contribution in [-0.4, -0.2) is 42.5 Å². The molecule has 0 heterocycles. The molecule has 3 N–H and O–H groups in total. The molecule has 1 atom stereocenters. The van der Waals surface area contributed by atoms with Gasteiger partial charge in [0, 0.05) is 19.2 Å². The zero-order chi connectivity index (χ0) is 13.5. The second kappa shape index (κ2) is 6.98. The number of aryl methyl sites for hydroxylation is 1. The van der Waals surface area contributed by atoms with E-state index in [-0.39, 0.29) is 18.3 Å². The summed E-state index contributed by atoms with van der Waals surface area (Å²) in [7, 11) is 1.51. The number of phenolic OH excluding ortho intramolecular Hbond substituents is 1. The van der Waals surface area contributed by atoms with Gasteiger partial charge in [0.2, 0.25) is 0 Å². The monoisotopic (exact) mass is 253 g/mol. The molecule has 0 aliphatic heterocycles. The number of carbonyl (C=O) groups excluding carboxylic acids is 1. The molecule has 0 fully saturated rings. The molecule has 0 radical (unpaired) electrons. The Bertz CT molecular complexity index is 406. The number of phenols is 1. The van der Waals surface area contributed by atoms with Crippen molar-refractivity contribution in [3.8, 4) is 5.75 Å². The van der Waals surface area contributed by atoms with Crippen LogP contribution in [0.25, 0.3) is 0 Å². The summed E-state index contributed by atoms with van der Waals surface area (Å²) in [6, 6.07) is 4.67. The number of aromatic hydroxyl groups is 1. The molecule has 1 aromatic rings. The number of ether oxygens (including phenoxy) is 1. The largest absolute Gasteiger partial charge is 0.508 e. The molecule has 5 heteroatoms. The Balaban J connectivity index is 2.43. The van der Waals surface area contributed by atoms with E-state index < -0.39 is 6.10 Å². The number of nitrogens with one attached hydrogen (secondary N) is 1. The summed E-state index contributed by atoms with van der Waals surface area (Å²) >= 11 is 0. The maximum absolute atomic E-state index is 11.7. The van der Waals surface area contributed by atoms with Crippen molar-refractivity contribution >= 4 is 5.91 Å². The predicted octanol–water partition coefficient (Wildman–Crippen LogP) is 0.828. The molecule has 0 aliphatic carbocycles. The van der Waals surface area contributed by atoms with E-state index in [1.165, 1.54) is 13.2 Å². The van der Waals surface area contributed by atoms with Gasteiger partial charge in [-0.05, 0) is 37.1 Å².